The van der Waals surface area contributed by atoms with Gasteiger partial charge >= 0.3 is 0 Å². The zero-order valence-electron chi connectivity index (χ0n) is 25.7. The topological polar surface area (TPSA) is 29.5 Å². The van der Waals surface area contributed by atoms with Crippen LogP contribution in [0.3, 0.4) is 0 Å². The molecule has 36 heavy (non-hydrogen) atoms. The molecule has 3 aliphatic rings. The fourth-order valence-corrected chi connectivity index (χ4v) is 9.33. The molecule has 210 valence electrons. The zero-order valence-corrected chi connectivity index (χ0v) is 26.7. The molecule has 2 saturated carbocycles. The van der Waals surface area contributed by atoms with E-state index in [9.17, 15) is 5.11 Å². The van der Waals surface area contributed by atoms with Crippen molar-refractivity contribution in [1.82, 2.24) is 0 Å². The van der Waals surface area contributed by atoms with Crippen molar-refractivity contribution in [3.8, 4) is 0 Å². The Morgan fingerprint density at radius 2 is 1.72 bits per heavy atom. The maximum absolute atomic E-state index is 12.3. The molecule has 0 heterocycles. The molecule has 3 heteroatoms. The highest BCUT2D eigenvalue weighted by Gasteiger charge is 2.60. The molecule has 0 spiro atoms. The van der Waals surface area contributed by atoms with Crippen molar-refractivity contribution in [2.45, 2.75) is 149 Å². The number of hydrogen-bond donors (Lipinski definition) is 1. The Kier molecular flexibility index (Phi) is 10.1. The molecule has 0 radical (unpaired) electrons. The van der Waals surface area contributed by atoms with Gasteiger partial charge < -0.3 is 9.53 Å². The number of hydrogen-bond acceptors (Lipinski definition) is 2. The molecule has 3 rings (SSSR count). The molecule has 0 aromatic rings. The largest absolute Gasteiger partial charge is 0.417 e. The van der Waals surface area contributed by atoms with Gasteiger partial charge in [-0.1, -0.05) is 79.9 Å². The molecule has 2 nitrogen and oxygen atoms in total. The Morgan fingerprint density at radius 3 is 2.39 bits per heavy atom. The van der Waals surface area contributed by atoms with Crippen LogP contribution in [-0.2, 0) is 4.43 Å². The summed E-state index contributed by atoms with van der Waals surface area (Å²) in [6, 6.07) is 0. The van der Waals surface area contributed by atoms with Crippen LogP contribution >= 0.6 is 0 Å². The molecule has 0 saturated heterocycles. The lowest BCUT2D eigenvalue weighted by Crippen LogP contribution is -2.55. The van der Waals surface area contributed by atoms with Gasteiger partial charge in [0.15, 0.2) is 8.32 Å². The van der Waals surface area contributed by atoms with Gasteiger partial charge in [-0.05, 0) is 117 Å². The highest BCUT2D eigenvalue weighted by molar-refractivity contribution is 6.74. The van der Waals surface area contributed by atoms with Crippen LogP contribution in [0.4, 0.5) is 0 Å². The van der Waals surface area contributed by atoms with Crippen LogP contribution in [0.15, 0.2) is 12.2 Å². The summed E-state index contributed by atoms with van der Waals surface area (Å²) in [4.78, 5) is 0. The van der Waals surface area contributed by atoms with E-state index in [0.717, 1.165) is 37.2 Å². The smallest absolute Gasteiger partial charge is 0.191 e. The van der Waals surface area contributed by atoms with Crippen LogP contribution in [0.2, 0.25) is 18.1 Å². The average Bonchev–Trinajstić information content (AvgIpc) is 3.11. The normalized spacial score (nSPS) is 37.2. The predicted octanol–water partition coefficient (Wildman–Crippen LogP) is 9.78. The van der Waals surface area contributed by atoms with E-state index in [-0.39, 0.29) is 5.04 Å². The minimum Gasteiger partial charge on any atom is -0.417 e. The average molecular weight is 519 g/mol. The van der Waals surface area contributed by atoms with Crippen molar-refractivity contribution in [2.24, 2.45) is 40.9 Å². The summed E-state index contributed by atoms with van der Waals surface area (Å²) in [5.41, 5.74) is -0.150. The Morgan fingerprint density at radius 1 is 1.00 bits per heavy atom. The van der Waals surface area contributed by atoms with Crippen LogP contribution in [0, 0.1) is 40.9 Å². The van der Waals surface area contributed by atoms with Crippen molar-refractivity contribution < 1.29 is 9.53 Å². The monoisotopic (exact) mass is 518 g/mol. The first-order valence-electron chi connectivity index (χ1n) is 15.7. The van der Waals surface area contributed by atoms with E-state index in [1.165, 1.54) is 64.2 Å². The van der Waals surface area contributed by atoms with Crippen molar-refractivity contribution in [2.75, 3.05) is 6.61 Å². The van der Waals surface area contributed by atoms with Gasteiger partial charge in [-0.2, -0.15) is 0 Å². The summed E-state index contributed by atoms with van der Waals surface area (Å²) >= 11 is 0. The van der Waals surface area contributed by atoms with E-state index >= 15 is 0 Å². The first-order chi connectivity index (χ1) is 16.7. The van der Waals surface area contributed by atoms with E-state index in [1.807, 2.05) is 0 Å². The number of fused-ring (bicyclic) bond motifs is 3. The second-order valence-corrected chi connectivity index (χ2v) is 20.3. The van der Waals surface area contributed by atoms with E-state index in [1.54, 1.807) is 0 Å². The van der Waals surface area contributed by atoms with Crippen LogP contribution in [0.1, 0.15) is 126 Å². The predicted molar refractivity (Wildman–Crippen MR) is 159 cm³/mol. The molecular formula is C33H62O2Si. The molecule has 0 aromatic heterocycles. The molecule has 0 unspecified atom stereocenters. The lowest BCUT2D eigenvalue weighted by molar-refractivity contribution is -0.149. The van der Waals surface area contributed by atoms with Crippen molar-refractivity contribution in [3.05, 3.63) is 12.2 Å². The minimum atomic E-state index is -1.64. The molecule has 7 atom stereocenters. The molecule has 0 amide bonds. The standard InChI is InChI=1S/C33H62O2Si/c1-25(2)13-10-14-26(3)29-19-20-30-32(29,7)23-21-28-18-17-27(15-11-22-33(28,30)34)16-12-24-35-36(8,9)31(4,5)6/h11,15,25-30,34H,10,12-14,16-24H2,1-9H3/b15-11-/t26-,27+,28-,29-,30-,32-,33+/m1/s1. The Hall–Kier alpha value is -0.123. The maximum Gasteiger partial charge on any atom is 0.191 e. The maximum atomic E-state index is 12.3. The van der Waals surface area contributed by atoms with Gasteiger partial charge in [0.1, 0.15) is 0 Å². The molecular weight excluding hydrogens is 456 g/mol. The Bertz CT molecular complexity index is 722. The fraction of sp³-hybridized carbons (Fsp3) is 0.939. The number of allylic oxidation sites excluding steroid dienone is 1. The first-order valence-corrected chi connectivity index (χ1v) is 18.6. The van der Waals surface area contributed by atoms with Gasteiger partial charge in [-0.25, -0.2) is 0 Å². The van der Waals surface area contributed by atoms with Gasteiger partial charge in [-0.15, -0.1) is 0 Å². The van der Waals surface area contributed by atoms with Crippen LogP contribution in [0.5, 0.6) is 0 Å². The molecule has 1 N–H and O–H groups in total. The third kappa shape index (κ3) is 6.71. The molecule has 0 aliphatic heterocycles. The van der Waals surface area contributed by atoms with Crippen molar-refractivity contribution >= 4 is 8.32 Å². The summed E-state index contributed by atoms with van der Waals surface area (Å²) < 4.78 is 6.44. The van der Waals surface area contributed by atoms with Crippen LogP contribution < -0.4 is 0 Å². The summed E-state index contributed by atoms with van der Waals surface area (Å²) in [6.45, 7) is 22.4. The zero-order chi connectivity index (χ0) is 26.8. The lowest BCUT2D eigenvalue weighted by Gasteiger charge is -2.55. The Balaban J connectivity index is 1.57. The van der Waals surface area contributed by atoms with Gasteiger partial charge in [0, 0.05) is 6.61 Å². The minimum absolute atomic E-state index is 0.290. The van der Waals surface area contributed by atoms with Gasteiger partial charge in [0.2, 0.25) is 0 Å². The number of rotatable bonds is 10. The third-order valence-electron chi connectivity index (χ3n) is 11.6. The molecule has 2 fully saturated rings. The Labute approximate surface area is 226 Å². The first kappa shape index (κ1) is 30.4. The number of aliphatic hydroxyl groups is 1. The van der Waals surface area contributed by atoms with Gasteiger partial charge in [-0.3, -0.25) is 0 Å². The molecule has 0 bridgehead atoms. The van der Waals surface area contributed by atoms with E-state index in [0.29, 0.717) is 23.2 Å². The molecule has 0 aromatic carbocycles. The van der Waals surface area contributed by atoms with Crippen molar-refractivity contribution in [1.29, 1.82) is 0 Å². The second-order valence-electron chi connectivity index (χ2n) is 15.5. The quantitative estimate of drug-likeness (QED) is 0.177. The van der Waals surface area contributed by atoms with E-state index < -0.39 is 13.9 Å². The third-order valence-corrected chi connectivity index (χ3v) is 16.1. The van der Waals surface area contributed by atoms with Crippen LogP contribution in [-0.4, -0.2) is 25.6 Å². The van der Waals surface area contributed by atoms with Crippen molar-refractivity contribution in [3.63, 3.8) is 0 Å². The SMILES string of the molecule is CC(C)CCC[C@@H](C)[C@H]1CC[C@@H]2[C@]1(C)CC[C@H]1CC[C@H](CCCO[Si](C)(C)C(C)(C)C)/C=C\C[C@]12O. The summed E-state index contributed by atoms with van der Waals surface area (Å²) in [7, 11) is -1.64. The summed E-state index contributed by atoms with van der Waals surface area (Å²) in [5, 5.41) is 12.6. The summed E-state index contributed by atoms with van der Waals surface area (Å²) in [5.74, 6) is 4.03. The van der Waals surface area contributed by atoms with E-state index in [4.69, 9.17) is 4.43 Å². The van der Waals surface area contributed by atoms with Gasteiger partial charge in [0.25, 0.3) is 0 Å². The molecule has 3 aliphatic carbocycles. The lowest BCUT2D eigenvalue weighted by atomic mass is 9.52. The fourth-order valence-electron chi connectivity index (χ4n) is 8.24. The summed E-state index contributed by atoms with van der Waals surface area (Å²) in [6.07, 6.45) is 19.8. The highest BCUT2D eigenvalue weighted by Crippen LogP contribution is 2.64. The highest BCUT2D eigenvalue weighted by atomic mass is 28.4. The second kappa shape index (κ2) is 11.9. The van der Waals surface area contributed by atoms with Crippen LogP contribution in [0.25, 0.3) is 0 Å². The van der Waals surface area contributed by atoms with Gasteiger partial charge in [0.05, 0.1) is 5.60 Å². The van der Waals surface area contributed by atoms with E-state index in [2.05, 4.69) is 73.7 Å².